The molecule has 0 amide bonds. The van der Waals surface area contributed by atoms with E-state index in [1.54, 1.807) is 6.33 Å². The summed E-state index contributed by atoms with van der Waals surface area (Å²) in [7, 11) is 0. The van der Waals surface area contributed by atoms with Crippen molar-refractivity contribution in [1.82, 2.24) is 14.9 Å². The molecule has 1 atom stereocenters. The number of hydrogen-bond acceptors (Lipinski definition) is 5. The van der Waals surface area contributed by atoms with E-state index in [0.717, 1.165) is 22.2 Å². The molecule has 134 valence electrons. The van der Waals surface area contributed by atoms with Gasteiger partial charge in [0.25, 0.3) is 0 Å². The van der Waals surface area contributed by atoms with Crippen LogP contribution in [0.3, 0.4) is 0 Å². The van der Waals surface area contributed by atoms with Gasteiger partial charge in [-0.2, -0.15) is 0 Å². The van der Waals surface area contributed by atoms with Crippen LogP contribution in [0.4, 0.5) is 0 Å². The number of furan rings is 1. The van der Waals surface area contributed by atoms with E-state index in [9.17, 15) is 9.90 Å². The van der Waals surface area contributed by atoms with Crippen molar-refractivity contribution in [3.63, 3.8) is 0 Å². The maximum Gasteiger partial charge on any atom is 0.321 e. The molecule has 0 spiro atoms. The smallest absolute Gasteiger partial charge is 0.321 e. The van der Waals surface area contributed by atoms with Gasteiger partial charge in [-0.3, -0.25) is 9.69 Å². The van der Waals surface area contributed by atoms with E-state index >= 15 is 0 Å². The Bertz CT molecular complexity index is 736. The average molecular weight is 361 g/mol. The molecule has 6 nitrogen and oxygen atoms in total. The van der Waals surface area contributed by atoms with Crippen molar-refractivity contribution in [2.24, 2.45) is 0 Å². The molecule has 3 heterocycles. The third-order valence-electron chi connectivity index (χ3n) is 5.11. The minimum atomic E-state index is -0.808. The minimum Gasteiger partial charge on any atom is -0.480 e. The zero-order valence-electron chi connectivity index (χ0n) is 14.1. The minimum absolute atomic E-state index is 0.429. The Balaban J connectivity index is 1.43. The fourth-order valence-corrected chi connectivity index (χ4v) is 4.95. The number of aromatic amines is 1. The van der Waals surface area contributed by atoms with Gasteiger partial charge in [-0.05, 0) is 25.0 Å². The lowest BCUT2D eigenvalue weighted by atomic mass is 10.0. The molecule has 2 aliphatic rings. The van der Waals surface area contributed by atoms with Crippen LogP contribution >= 0.6 is 11.8 Å². The van der Waals surface area contributed by atoms with E-state index in [2.05, 4.69) is 9.97 Å². The van der Waals surface area contributed by atoms with Gasteiger partial charge >= 0.3 is 5.97 Å². The number of carbonyl (C=O) groups is 1. The van der Waals surface area contributed by atoms with E-state index in [1.165, 1.54) is 32.1 Å². The largest absolute Gasteiger partial charge is 0.480 e. The van der Waals surface area contributed by atoms with E-state index in [-0.39, 0.29) is 0 Å². The monoisotopic (exact) mass is 361 g/mol. The van der Waals surface area contributed by atoms with Crippen molar-refractivity contribution < 1.29 is 14.3 Å². The van der Waals surface area contributed by atoms with Gasteiger partial charge < -0.3 is 14.5 Å². The second-order valence-electron chi connectivity index (χ2n) is 6.89. The topological polar surface area (TPSA) is 82.4 Å². The number of rotatable bonds is 5. The van der Waals surface area contributed by atoms with E-state index in [1.807, 2.05) is 28.8 Å². The van der Waals surface area contributed by atoms with Crippen molar-refractivity contribution in [3.05, 3.63) is 35.6 Å². The third kappa shape index (κ3) is 3.77. The van der Waals surface area contributed by atoms with Crippen molar-refractivity contribution in [2.75, 3.05) is 0 Å². The molecular formula is C18H23N3O3S. The fraction of sp³-hybridized carbons (Fsp3) is 0.556. The van der Waals surface area contributed by atoms with Crippen LogP contribution < -0.4 is 0 Å². The molecule has 2 aromatic heterocycles. The Hall–Kier alpha value is -1.73. The summed E-state index contributed by atoms with van der Waals surface area (Å²) < 4.78 is 5.99. The second kappa shape index (κ2) is 7.25. The molecule has 4 rings (SSSR count). The fourth-order valence-electron chi connectivity index (χ4n) is 3.75. The van der Waals surface area contributed by atoms with Crippen molar-refractivity contribution in [3.8, 4) is 0 Å². The lowest BCUT2D eigenvalue weighted by Gasteiger charge is -2.31. The van der Waals surface area contributed by atoms with Crippen LogP contribution in [0, 0.1) is 0 Å². The predicted octanol–water partition coefficient (Wildman–Crippen LogP) is 3.44. The summed E-state index contributed by atoms with van der Waals surface area (Å²) in [5.74, 6) is 0.0181. The van der Waals surface area contributed by atoms with Crippen LogP contribution in [0.2, 0.25) is 0 Å². The number of nitrogens with one attached hydrogen (secondary N) is 1. The lowest BCUT2D eigenvalue weighted by Crippen LogP contribution is -2.45. The third-order valence-corrected chi connectivity index (χ3v) is 6.37. The van der Waals surface area contributed by atoms with Gasteiger partial charge in [-0.25, -0.2) is 4.98 Å². The summed E-state index contributed by atoms with van der Waals surface area (Å²) in [5.41, 5.74) is 1.86. The van der Waals surface area contributed by atoms with E-state index < -0.39 is 12.0 Å². The molecule has 0 bridgehead atoms. The van der Waals surface area contributed by atoms with Gasteiger partial charge in [-0.15, -0.1) is 0 Å². The number of fused-ring (bicyclic) bond motifs is 1. The first-order chi connectivity index (χ1) is 12.2. The highest BCUT2D eigenvalue weighted by Gasteiger charge is 2.33. The molecule has 0 saturated heterocycles. The Morgan fingerprint density at radius 1 is 1.36 bits per heavy atom. The van der Waals surface area contributed by atoms with Crippen LogP contribution in [0.5, 0.6) is 0 Å². The normalized spacial score (nSPS) is 22.0. The Morgan fingerprint density at radius 3 is 3.00 bits per heavy atom. The maximum absolute atomic E-state index is 11.6. The molecule has 25 heavy (non-hydrogen) atoms. The second-order valence-corrected chi connectivity index (χ2v) is 8.19. The molecule has 1 fully saturated rings. The standard InChI is InChI=1S/C18H23N3O3S/c22-18(23)16-8-14-15(20-11-19-14)10-21(16)9-12-6-7-17(24-12)25-13-4-2-1-3-5-13/h6-7,11,13,16H,1-5,8-10H2,(H,19,20)(H,22,23)/t16-/m1/s1. The summed E-state index contributed by atoms with van der Waals surface area (Å²) in [4.78, 5) is 20.9. The number of hydrogen-bond donors (Lipinski definition) is 2. The highest BCUT2D eigenvalue weighted by atomic mass is 32.2. The number of carboxylic acid groups (broad SMARTS) is 1. The number of aromatic nitrogens is 2. The number of nitrogens with zero attached hydrogens (tertiary/aromatic N) is 2. The molecule has 7 heteroatoms. The molecule has 2 N–H and O–H groups in total. The van der Waals surface area contributed by atoms with E-state index in [4.69, 9.17) is 4.42 Å². The van der Waals surface area contributed by atoms with Crippen LogP contribution in [0.1, 0.15) is 49.3 Å². The van der Waals surface area contributed by atoms with Crippen LogP contribution in [0.15, 0.2) is 28.0 Å². The van der Waals surface area contributed by atoms with Gasteiger partial charge in [0.2, 0.25) is 0 Å². The molecular weight excluding hydrogens is 338 g/mol. The van der Waals surface area contributed by atoms with Gasteiger partial charge in [-0.1, -0.05) is 31.0 Å². The summed E-state index contributed by atoms with van der Waals surface area (Å²) >= 11 is 1.83. The molecule has 1 saturated carbocycles. The van der Waals surface area contributed by atoms with Gasteiger partial charge in [0.15, 0.2) is 5.09 Å². The van der Waals surface area contributed by atoms with Crippen LogP contribution in [0.25, 0.3) is 0 Å². The van der Waals surface area contributed by atoms with Gasteiger partial charge in [0.1, 0.15) is 11.8 Å². The molecule has 0 aromatic carbocycles. The van der Waals surface area contributed by atoms with Gasteiger partial charge in [0.05, 0.1) is 24.3 Å². The highest BCUT2D eigenvalue weighted by molar-refractivity contribution is 7.99. The Labute approximate surface area is 151 Å². The predicted molar refractivity (Wildman–Crippen MR) is 94.4 cm³/mol. The number of aliphatic carboxylic acids is 1. The van der Waals surface area contributed by atoms with Crippen LogP contribution in [-0.2, 0) is 24.3 Å². The average Bonchev–Trinajstić information content (AvgIpc) is 3.24. The molecule has 1 aliphatic carbocycles. The Kier molecular flexibility index (Phi) is 4.85. The Morgan fingerprint density at radius 2 is 2.20 bits per heavy atom. The number of imidazole rings is 1. The zero-order valence-corrected chi connectivity index (χ0v) is 14.9. The highest BCUT2D eigenvalue weighted by Crippen LogP contribution is 2.35. The first-order valence-electron chi connectivity index (χ1n) is 8.92. The SMILES string of the molecule is O=C(O)[C@H]1Cc2nc[nH]c2CN1Cc1ccc(SC2CCCCC2)o1. The summed E-state index contributed by atoms with van der Waals surface area (Å²) in [6, 6.07) is 3.44. The quantitative estimate of drug-likeness (QED) is 0.849. The summed E-state index contributed by atoms with van der Waals surface area (Å²) in [6.45, 7) is 1.05. The van der Waals surface area contributed by atoms with Gasteiger partial charge in [0, 0.05) is 18.2 Å². The molecule has 2 aromatic rings. The lowest BCUT2D eigenvalue weighted by molar-refractivity contribution is -0.144. The zero-order chi connectivity index (χ0) is 17.2. The maximum atomic E-state index is 11.6. The van der Waals surface area contributed by atoms with Crippen molar-refractivity contribution >= 4 is 17.7 Å². The number of thioether (sulfide) groups is 1. The van der Waals surface area contributed by atoms with E-state index in [0.29, 0.717) is 24.8 Å². The molecule has 0 unspecified atom stereocenters. The van der Waals surface area contributed by atoms with Crippen LogP contribution in [-0.4, -0.2) is 37.2 Å². The number of H-pyrrole nitrogens is 1. The molecule has 0 radical (unpaired) electrons. The summed E-state index contributed by atoms with van der Waals surface area (Å²) in [6.07, 6.45) is 8.56. The summed E-state index contributed by atoms with van der Waals surface area (Å²) in [5, 5.41) is 11.2. The molecule has 1 aliphatic heterocycles. The first-order valence-corrected chi connectivity index (χ1v) is 9.80. The number of carboxylic acids is 1. The first kappa shape index (κ1) is 16.7. The van der Waals surface area contributed by atoms with Crippen molar-refractivity contribution in [2.45, 2.75) is 68.0 Å². The van der Waals surface area contributed by atoms with Crippen molar-refractivity contribution in [1.29, 1.82) is 0 Å².